The first-order chi connectivity index (χ1) is 10.3. The van der Waals surface area contributed by atoms with E-state index in [1.807, 2.05) is 0 Å². The minimum Gasteiger partial charge on any atom is -0.456 e. The lowest BCUT2D eigenvalue weighted by atomic mass is 10.2. The average molecular weight is 348 g/mol. The number of hydrogen-bond donors (Lipinski definition) is 0. The molecule has 0 heterocycles. The largest absolute Gasteiger partial charge is 0.456 e. The monoisotopic (exact) mass is 347 g/mol. The second kappa shape index (κ2) is 6.46. The summed E-state index contributed by atoms with van der Waals surface area (Å²) in [5.41, 5.74) is -4.56. The highest BCUT2D eigenvalue weighted by Gasteiger charge is 2.29. The van der Waals surface area contributed by atoms with Gasteiger partial charge in [0.25, 0.3) is 0 Å². The van der Waals surface area contributed by atoms with Crippen LogP contribution in [0, 0.1) is 17.1 Å². The van der Waals surface area contributed by atoms with Crippen molar-refractivity contribution in [1.82, 2.24) is 0 Å². The van der Waals surface area contributed by atoms with E-state index in [0.29, 0.717) is 0 Å². The quantitative estimate of drug-likeness (QED) is 0.523. The van der Waals surface area contributed by atoms with Gasteiger partial charge in [0.2, 0.25) is 0 Å². The van der Waals surface area contributed by atoms with Gasteiger partial charge in [-0.1, -0.05) is 11.6 Å². The maximum absolute atomic E-state index is 13.2. The molecule has 0 unspecified atom stereocenters. The second-order valence-electron chi connectivity index (χ2n) is 4.02. The van der Waals surface area contributed by atoms with Crippen LogP contribution >= 0.6 is 23.4 Å². The Labute approximate surface area is 132 Å². The highest BCUT2D eigenvalue weighted by atomic mass is 35.5. The van der Waals surface area contributed by atoms with Gasteiger partial charge >= 0.3 is 5.51 Å². The molecule has 2 nitrogen and oxygen atoms in total. The van der Waals surface area contributed by atoms with Crippen LogP contribution in [-0.2, 0) is 0 Å². The number of halogens is 5. The number of alkyl halides is 3. The van der Waals surface area contributed by atoms with Crippen molar-refractivity contribution in [3.63, 3.8) is 0 Å². The Balaban J connectivity index is 2.30. The lowest BCUT2D eigenvalue weighted by Crippen LogP contribution is -1.99. The van der Waals surface area contributed by atoms with Crippen molar-refractivity contribution in [3.8, 4) is 17.6 Å². The van der Waals surface area contributed by atoms with E-state index in [4.69, 9.17) is 21.6 Å². The molecule has 0 N–H and O–H groups in total. The van der Waals surface area contributed by atoms with E-state index in [2.05, 4.69) is 0 Å². The van der Waals surface area contributed by atoms with Crippen molar-refractivity contribution >= 4 is 23.4 Å². The summed E-state index contributed by atoms with van der Waals surface area (Å²) in [6, 6.07) is 8.61. The Morgan fingerprint density at radius 1 is 1.14 bits per heavy atom. The number of thioether (sulfide) groups is 1. The van der Waals surface area contributed by atoms with Crippen molar-refractivity contribution in [2.24, 2.45) is 0 Å². The summed E-state index contributed by atoms with van der Waals surface area (Å²) in [6.07, 6.45) is 0. The number of ether oxygens (including phenoxy) is 1. The molecule has 2 aromatic carbocycles. The third kappa shape index (κ3) is 4.55. The molecule has 114 valence electrons. The van der Waals surface area contributed by atoms with Crippen LogP contribution in [0.25, 0.3) is 0 Å². The van der Waals surface area contributed by atoms with Crippen molar-refractivity contribution < 1.29 is 22.3 Å². The first kappa shape index (κ1) is 16.5. The lowest BCUT2D eigenvalue weighted by Gasteiger charge is -2.10. The third-order valence-electron chi connectivity index (χ3n) is 2.37. The van der Waals surface area contributed by atoms with E-state index in [9.17, 15) is 17.6 Å². The first-order valence-electron chi connectivity index (χ1n) is 5.71. The Kier molecular flexibility index (Phi) is 4.84. The topological polar surface area (TPSA) is 33.0 Å². The Morgan fingerprint density at radius 2 is 1.86 bits per heavy atom. The molecule has 8 heteroatoms. The van der Waals surface area contributed by atoms with E-state index < -0.39 is 11.3 Å². The molecule has 0 bridgehead atoms. The van der Waals surface area contributed by atoms with Crippen molar-refractivity contribution in [2.45, 2.75) is 10.4 Å². The molecule has 0 aliphatic heterocycles. The van der Waals surface area contributed by atoms with Gasteiger partial charge in [-0.25, -0.2) is 4.39 Å². The smallest absolute Gasteiger partial charge is 0.446 e. The summed E-state index contributed by atoms with van der Waals surface area (Å²) in [5.74, 6) is -0.585. The maximum Gasteiger partial charge on any atom is 0.446 e. The van der Waals surface area contributed by atoms with E-state index in [-0.39, 0.29) is 38.7 Å². The van der Waals surface area contributed by atoms with E-state index in [0.717, 1.165) is 24.3 Å². The SMILES string of the molecule is N#Cc1cc(SC(F)(F)F)ccc1Oc1cc(F)cc(Cl)c1. The van der Waals surface area contributed by atoms with Crippen molar-refractivity contribution in [3.05, 3.63) is 52.8 Å². The summed E-state index contributed by atoms with van der Waals surface area (Å²) in [7, 11) is 0. The molecule has 0 radical (unpaired) electrons. The second-order valence-corrected chi connectivity index (χ2v) is 5.60. The molecule has 0 aliphatic carbocycles. The molecule has 0 aromatic heterocycles. The van der Waals surface area contributed by atoms with Gasteiger partial charge in [0, 0.05) is 16.0 Å². The van der Waals surface area contributed by atoms with E-state index in [1.165, 1.54) is 12.1 Å². The maximum atomic E-state index is 13.2. The van der Waals surface area contributed by atoms with Gasteiger partial charge in [-0.05, 0) is 42.1 Å². The van der Waals surface area contributed by atoms with Gasteiger partial charge in [0.15, 0.2) is 0 Å². The fourth-order valence-electron chi connectivity index (χ4n) is 1.60. The van der Waals surface area contributed by atoms with Crippen LogP contribution in [-0.4, -0.2) is 5.51 Å². The lowest BCUT2D eigenvalue weighted by molar-refractivity contribution is -0.0328. The molecule has 0 spiro atoms. The van der Waals surface area contributed by atoms with E-state index >= 15 is 0 Å². The molecule has 22 heavy (non-hydrogen) atoms. The molecule has 2 aromatic rings. The standard InChI is InChI=1S/C14H6ClF4NOS/c15-9-4-10(16)6-11(5-9)21-13-2-1-12(3-8(13)7-20)22-14(17,18)19/h1-6H. The summed E-state index contributed by atoms with van der Waals surface area (Å²) in [4.78, 5) is -0.145. The Hall–Kier alpha value is -1.91. The predicted octanol–water partition coefficient (Wildman–Crippen LogP) is 5.75. The zero-order valence-electron chi connectivity index (χ0n) is 10.6. The average Bonchev–Trinajstić information content (AvgIpc) is 2.37. The zero-order chi connectivity index (χ0) is 16.3. The van der Waals surface area contributed by atoms with Crippen LogP contribution in [0.2, 0.25) is 5.02 Å². The van der Waals surface area contributed by atoms with Crippen LogP contribution in [0.5, 0.6) is 11.5 Å². The summed E-state index contributed by atoms with van der Waals surface area (Å²) < 4.78 is 55.4. The Bertz CT molecular complexity index is 722. The minimum absolute atomic E-state index is 0.00990. The molecule has 0 saturated carbocycles. The molecule has 0 saturated heterocycles. The molecular formula is C14H6ClF4NOS. The normalized spacial score (nSPS) is 11.1. The van der Waals surface area contributed by atoms with Gasteiger partial charge in [-0.3, -0.25) is 0 Å². The van der Waals surface area contributed by atoms with Gasteiger partial charge < -0.3 is 4.74 Å². The van der Waals surface area contributed by atoms with Crippen LogP contribution in [0.1, 0.15) is 5.56 Å². The number of benzene rings is 2. The first-order valence-corrected chi connectivity index (χ1v) is 6.90. The number of nitrogens with zero attached hydrogens (tertiary/aromatic N) is 1. The Morgan fingerprint density at radius 3 is 2.45 bits per heavy atom. The molecule has 2 rings (SSSR count). The number of rotatable bonds is 3. The molecule has 0 amide bonds. The molecular weight excluding hydrogens is 342 g/mol. The molecule has 0 fully saturated rings. The number of nitriles is 1. The fourth-order valence-corrected chi connectivity index (χ4v) is 2.39. The van der Waals surface area contributed by atoms with Crippen molar-refractivity contribution in [1.29, 1.82) is 5.26 Å². The highest BCUT2D eigenvalue weighted by Crippen LogP contribution is 2.39. The fraction of sp³-hybridized carbons (Fsp3) is 0.0714. The van der Waals surface area contributed by atoms with Crippen LogP contribution < -0.4 is 4.74 Å². The minimum atomic E-state index is -4.45. The third-order valence-corrected chi connectivity index (χ3v) is 3.31. The van der Waals surface area contributed by atoms with Crippen molar-refractivity contribution in [2.75, 3.05) is 0 Å². The van der Waals surface area contributed by atoms with Gasteiger partial charge in [-0.15, -0.1) is 0 Å². The van der Waals surface area contributed by atoms with Crippen LogP contribution in [0.3, 0.4) is 0 Å². The van der Waals surface area contributed by atoms with Gasteiger partial charge in [-0.2, -0.15) is 18.4 Å². The molecule has 0 atom stereocenters. The summed E-state index contributed by atoms with van der Waals surface area (Å²) >= 11 is 5.34. The number of hydrogen-bond acceptors (Lipinski definition) is 3. The van der Waals surface area contributed by atoms with Crippen LogP contribution in [0.4, 0.5) is 17.6 Å². The van der Waals surface area contributed by atoms with Gasteiger partial charge in [0.1, 0.15) is 23.4 Å². The van der Waals surface area contributed by atoms with Gasteiger partial charge in [0.05, 0.1) is 5.56 Å². The highest BCUT2D eigenvalue weighted by molar-refractivity contribution is 8.00. The zero-order valence-corrected chi connectivity index (χ0v) is 12.2. The predicted molar refractivity (Wildman–Crippen MR) is 74.6 cm³/mol. The van der Waals surface area contributed by atoms with Crippen LogP contribution in [0.15, 0.2) is 41.3 Å². The molecule has 0 aliphatic rings. The van der Waals surface area contributed by atoms with E-state index in [1.54, 1.807) is 6.07 Å². The summed E-state index contributed by atoms with van der Waals surface area (Å²) in [5, 5.41) is 9.10. The summed E-state index contributed by atoms with van der Waals surface area (Å²) in [6.45, 7) is 0.